The van der Waals surface area contributed by atoms with Crippen LogP contribution in [0, 0.1) is 5.82 Å². The zero-order valence-electron chi connectivity index (χ0n) is 19.1. The van der Waals surface area contributed by atoms with Gasteiger partial charge in [0.1, 0.15) is 6.54 Å². The number of nitrogens with one attached hydrogen (secondary N) is 1. The van der Waals surface area contributed by atoms with E-state index in [4.69, 9.17) is 16.3 Å². The first-order valence-corrected chi connectivity index (χ1v) is 11.5. The zero-order valence-corrected chi connectivity index (χ0v) is 19.8. The molecular formula is C24H21ClFN9O. The first kappa shape index (κ1) is 23.6. The molecule has 0 spiro atoms. The van der Waals surface area contributed by atoms with Gasteiger partial charge in [0, 0.05) is 29.4 Å². The van der Waals surface area contributed by atoms with E-state index in [0.29, 0.717) is 37.0 Å². The Morgan fingerprint density at radius 2 is 1.86 bits per heavy atom. The highest BCUT2D eigenvalue weighted by Gasteiger charge is 2.17. The third-order valence-corrected chi connectivity index (χ3v) is 5.56. The molecule has 1 fully saturated rings. The molecule has 12 heteroatoms. The summed E-state index contributed by atoms with van der Waals surface area (Å²) in [5, 5.41) is 19.8. The normalized spacial score (nSPS) is 13.8. The highest BCUT2D eigenvalue weighted by molar-refractivity contribution is 6.31. The Morgan fingerprint density at radius 1 is 0.972 bits per heavy atom. The van der Waals surface area contributed by atoms with Crippen LogP contribution in [-0.2, 0) is 11.3 Å². The van der Waals surface area contributed by atoms with E-state index in [2.05, 4.69) is 40.7 Å². The van der Waals surface area contributed by atoms with E-state index in [9.17, 15) is 4.39 Å². The monoisotopic (exact) mass is 505 g/mol. The molecule has 1 aliphatic rings. The standard InChI is InChI=1S/C24H21ClFN9O/c25-18-9-17(16-3-4-29-30-12-16)10-21(11-18)32-20-2-1-19(27-13-20)14-31-34-24-28-15-22(26)23(33-24)35-5-7-36-8-6-35/h1-4,9-13,15,32H,5-8,14H2. The van der Waals surface area contributed by atoms with Gasteiger partial charge in [-0.05, 0) is 42.0 Å². The van der Waals surface area contributed by atoms with Gasteiger partial charge in [-0.2, -0.15) is 20.3 Å². The van der Waals surface area contributed by atoms with Crippen molar-refractivity contribution in [3.8, 4) is 11.1 Å². The average molecular weight is 506 g/mol. The fourth-order valence-corrected chi connectivity index (χ4v) is 3.85. The Balaban J connectivity index is 1.22. The molecule has 1 saturated heterocycles. The largest absolute Gasteiger partial charge is 0.378 e. The number of morpholine rings is 1. The van der Waals surface area contributed by atoms with Crippen LogP contribution in [0.3, 0.4) is 0 Å². The summed E-state index contributed by atoms with van der Waals surface area (Å²) in [6.45, 7) is 2.40. The van der Waals surface area contributed by atoms with E-state index in [-0.39, 0.29) is 18.3 Å². The van der Waals surface area contributed by atoms with Crippen LogP contribution in [0.15, 0.2) is 71.4 Å². The first-order chi connectivity index (χ1) is 17.6. The number of rotatable bonds is 7. The van der Waals surface area contributed by atoms with Crippen molar-refractivity contribution in [3.63, 3.8) is 0 Å². The van der Waals surface area contributed by atoms with Crippen molar-refractivity contribution in [3.05, 3.63) is 77.7 Å². The summed E-state index contributed by atoms with van der Waals surface area (Å²) in [5.41, 5.74) is 4.14. The highest BCUT2D eigenvalue weighted by Crippen LogP contribution is 2.28. The molecule has 3 aromatic heterocycles. The van der Waals surface area contributed by atoms with Gasteiger partial charge >= 0.3 is 0 Å². The van der Waals surface area contributed by atoms with Gasteiger partial charge in [-0.1, -0.05) is 11.6 Å². The number of anilines is 3. The molecule has 0 aliphatic carbocycles. The van der Waals surface area contributed by atoms with E-state index in [1.807, 2.05) is 41.3 Å². The second-order valence-corrected chi connectivity index (χ2v) is 8.30. The van der Waals surface area contributed by atoms with Crippen molar-refractivity contribution >= 4 is 34.7 Å². The second-order valence-electron chi connectivity index (χ2n) is 7.86. The maximum Gasteiger partial charge on any atom is 0.270 e. The minimum absolute atomic E-state index is 0.0948. The number of hydrogen-bond acceptors (Lipinski definition) is 10. The van der Waals surface area contributed by atoms with Gasteiger partial charge in [0.15, 0.2) is 11.6 Å². The molecule has 4 heterocycles. The maximum atomic E-state index is 14.2. The van der Waals surface area contributed by atoms with Gasteiger partial charge < -0.3 is 15.0 Å². The Hall–Kier alpha value is -4.09. The topological polar surface area (TPSA) is 114 Å². The number of halogens is 2. The maximum absolute atomic E-state index is 14.2. The molecule has 0 radical (unpaired) electrons. The van der Waals surface area contributed by atoms with Crippen LogP contribution in [-0.4, -0.2) is 51.5 Å². The fraction of sp³-hybridized carbons (Fsp3) is 0.208. The molecule has 0 unspecified atom stereocenters. The SMILES string of the molecule is Fc1cnc(N=NCc2ccc(Nc3cc(Cl)cc(-c4ccnnc4)c3)cn2)nc1N1CCOCC1. The Labute approximate surface area is 211 Å². The molecule has 10 nitrogen and oxygen atoms in total. The lowest BCUT2D eigenvalue weighted by atomic mass is 10.1. The minimum Gasteiger partial charge on any atom is -0.378 e. The summed E-state index contributed by atoms with van der Waals surface area (Å²) in [5.74, 6) is -0.192. The smallest absolute Gasteiger partial charge is 0.270 e. The van der Waals surface area contributed by atoms with Crippen molar-refractivity contribution in [2.45, 2.75) is 6.54 Å². The molecule has 0 atom stereocenters. The van der Waals surface area contributed by atoms with Crippen molar-refractivity contribution < 1.29 is 9.13 Å². The predicted molar refractivity (Wildman–Crippen MR) is 133 cm³/mol. The third-order valence-electron chi connectivity index (χ3n) is 5.35. The number of pyridine rings is 1. The van der Waals surface area contributed by atoms with E-state index in [1.54, 1.807) is 18.6 Å². The van der Waals surface area contributed by atoms with Gasteiger partial charge in [-0.25, -0.2) is 9.37 Å². The number of nitrogens with zero attached hydrogens (tertiary/aromatic N) is 8. The molecule has 5 rings (SSSR count). The minimum atomic E-state index is -0.495. The lowest BCUT2D eigenvalue weighted by Crippen LogP contribution is -2.37. The molecule has 1 aromatic carbocycles. The van der Waals surface area contributed by atoms with E-state index in [0.717, 1.165) is 28.7 Å². The first-order valence-electron chi connectivity index (χ1n) is 11.2. The Bertz CT molecular complexity index is 1350. The van der Waals surface area contributed by atoms with Crippen LogP contribution in [0.5, 0.6) is 0 Å². The number of azo groups is 1. The van der Waals surface area contributed by atoms with Gasteiger partial charge in [0.2, 0.25) is 0 Å². The van der Waals surface area contributed by atoms with Crippen LogP contribution in [0.1, 0.15) is 5.69 Å². The van der Waals surface area contributed by atoms with Gasteiger partial charge in [-0.3, -0.25) is 4.98 Å². The molecule has 182 valence electrons. The molecule has 1 aliphatic heterocycles. The molecule has 4 aromatic rings. The molecule has 0 amide bonds. The molecule has 0 bridgehead atoms. The van der Waals surface area contributed by atoms with Crippen molar-refractivity contribution in [1.29, 1.82) is 0 Å². The summed E-state index contributed by atoms with van der Waals surface area (Å²) >= 11 is 6.31. The van der Waals surface area contributed by atoms with Crippen LogP contribution in [0.2, 0.25) is 5.02 Å². The van der Waals surface area contributed by atoms with Crippen LogP contribution in [0.4, 0.5) is 27.5 Å². The highest BCUT2D eigenvalue weighted by atomic mass is 35.5. The van der Waals surface area contributed by atoms with E-state index < -0.39 is 5.82 Å². The summed E-state index contributed by atoms with van der Waals surface area (Å²) in [4.78, 5) is 14.3. The van der Waals surface area contributed by atoms with E-state index >= 15 is 0 Å². The van der Waals surface area contributed by atoms with Crippen LogP contribution in [0.25, 0.3) is 11.1 Å². The summed E-state index contributed by atoms with van der Waals surface area (Å²) in [6.07, 6.45) is 6.12. The quantitative estimate of drug-likeness (QED) is 0.349. The summed E-state index contributed by atoms with van der Waals surface area (Å²) < 4.78 is 19.5. The van der Waals surface area contributed by atoms with Crippen LogP contribution < -0.4 is 10.2 Å². The zero-order chi connectivity index (χ0) is 24.7. The lowest BCUT2D eigenvalue weighted by molar-refractivity contribution is 0.122. The molecular weight excluding hydrogens is 485 g/mol. The Morgan fingerprint density at radius 3 is 2.64 bits per heavy atom. The van der Waals surface area contributed by atoms with Gasteiger partial charge in [0.25, 0.3) is 5.95 Å². The third kappa shape index (κ3) is 5.93. The fourth-order valence-electron chi connectivity index (χ4n) is 3.61. The van der Waals surface area contributed by atoms with Crippen LogP contribution >= 0.6 is 11.6 Å². The van der Waals surface area contributed by atoms with Gasteiger partial charge in [-0.15, -0.1) is 5.11 Å². The van der Waals surface area contributed by atoms with Crippen molar-refractivity contribution in [2.75, 3.05) is 36.5 Å². The average Bonchev–Trinajstić information content (AvgIpc) is 2.91. The summed E-state index contributed by atoms with van der Waals surface area (Å²) in [7, 11) is 0. The Kier molecular flexibility index (Phi) is 7.29. The summed E-state index contributed by atoms with van der Waals surface area (Å²) in [6, 6.07) is 11.3. The number of hydrogen-bond donors (Lipinski definition) is 1. The van der Waals surface area contributed by atoms with E-state index in [1.165, 1.54) is 0 Å². The number of benzene rings is 1. The molecule has 1 N–H and O–H groups in total. The molecule has 0 saturated carbocycles. The predicted octanol–water partition coefficient (Wildman–Crippen LogP) is 4.99. The number of ether oxygens (including phenoxy) is 1. The van der Waals surface area contributed by atoms with Crippen molar-refractivity contribution in [2.24, 2.45) is 10.2 Å². The van der Waals surface area contributed by atoms with Gasteiger partial charge in [0.05, 0.1) is 49.4 Å². The lowest BCUT2D eigenvalue weighted by Gasteiger charge is -2.27. The van der Waals surface area contributed by atoms with Crippen molar-refractivity contribution in [1.82, 2.24) is 25.1 Å². The molecule has 36 heavy (non-hydrogen) atoms. The second kappa shape index (κ2) is 11.1. The number of aromatic nitrogens is 5.